The first-order valence-electron chi connectivity index (χ1n) is 4.49. The Morgan fingerprint density at radius 1 is 1.53 bits per heavy atom. The number of halogens is 3. The molecule has 0 amide bonds. The SMILES string of the molecule is COc1ncnc(NCC(O)C(F)(F)F)c1N. The molecule has 1 heterocycles. The Hall–Kier alpha value is -1.77. The van der Waals surface area contributed by atoms with Crippen LogP contribution in [0.25, 0.3) is 0 Å². The number of alkyl halides is 3. The van der Waals surface area contributed by atoms with Gasteiger partial charge in [-0.15, -0.1) is 0 Å². The molecule has 1 aromatic heterocycles. The van der Waals surface area contributed by atoms with Crippen LogP contribution in [0.1, 0.15) is 0 Å². The van der Waals surface area contributed by atoms with Gasteiger partial charge in [-0.05, 0) is 0 Å². The minimum Gasteiger partial charge on any atom is -0.479 e. The van der Waals surface area contributed by atoms with Gasteiger partial charge in [0.15, 0.2) is 11.9 Å². The lowest BCUT2D eigenvalue weighted by Gasteiger charge is -2.16. The highest BCUT2D eigenvalue weighted by atomic mass is 19.4. The number of aromatic nitrogens is 2. The topological polar surface area (TPSA) is 93.3 Å². The maximum absolute atomic E-state index is 12.0. The van der Waals surface area contributed by atoms with Gasteiger partial charge in [-0.1, -0.05) is 0 Å². The van der Waals surface area contributed by atoms with Crippen molar-refractivity contribution in [3.63, 3.8) is 0 Å². The number of nitrogen functional groups attached to an aromatic ring is 1. The minimum atomic E-state index is -4.70. The molecule has 1 rings (SSSR count). The number of ether oxygens (including phenoxy) is 1. The first kappa shape index (κ1) is 13.3. The van der Waals surface area contributed by atoms with Gasteiger partial charge in [0.25, 0.3) is 0 Å². The predicted molar refractivity (Wildman–Crippen MR) is 53.5 cm³/mol. The molecule has 0 aliphatic rings. The lowest BCUT2D eigenvalue weighted by atomic mass is 10.3. The van der Waals surface area contributed by atoms with Gasteiger partial charge in [0.05, 0.1) is 13.7 Å². The van der Waals surface area contributed by atoms with Crippen LogP contribution in [0.3, 0.4) is 0 Å². The van der Waals surface area contributed by atoms with Gasteiger partial charge < -0.3 is 20.9 Å². The summed E-state index contributed by atoms with van der Waals surface area (Å²) in [6.07, 6.45) is -6.11. The lowest BCUT2D eigenvalue weighted by molar-refractivity contribution is -0.198. The molecule has 0 saturated carbocycles. The molecule has 9 heteroatoms. The first-order valence-corrected chi connectivity index (χ1v) is 4.49. The summed E-state index contributed by atoms with van der Waals surface area (Å²) >= 11 is 0. The van der Waals surface area contributed by atoms with E-state index in [9.17, 15) is 13.2 Å². The quantitative estimate of drug-likeness (QED) is 0.718. The molecule has 1 atom stereocenters. The van der Waals surface area contributed by atoms with Crippen LogP contribution >= 0.6 is 0 Å². The average Bonchev–Trinajstić information content (AvgIpc) is 2.26. The number of nitrogens with zero attached hydrogens (tertiary/aromatic N) is 2. The molecule has 0 saturated heterocycles. The molecule has 17 heavy (non-hydrogen) atoms. The lowest BCUT2D eigenvalue weighted by Crippen LogP contribution is -2.35. The Morgan fingerprint density at radius 2 is 2.18 bits per heavy atom. The standard InChI is InChI=1S/C8H11F3N4O2/c1-17-7-5(12)6(14-3-15-7)13-2-4(16)8(9,10)11/h3-4,16H,2,12H2,1H3,(H,13,14,15). The molecule has 6 nitrogen and oxygen atoms in total. The summed E-state index contributed by atoms with van der Waals surface area (Å²) in [6, 6.07) is 0. The molecular formula is C8H11F3N4O2. The molecule has 0 aromatic carbocycles. The van der Waals surface area contributed by atoms with Crippen molar-refractivity contribution in [2.24, 2.45) is 0 Å². The summed E-state index contributed by atoms with van der Waals surface area (Å²) in [7, 11) is 1.31. The molecule has 0 aliphatic heterocycles. The van der Waals surface area contributed by atoms with Gasteiger partial charge in [-0.2, -0.15) is 18.2 Å². The maximum atomic E-state index is 12.0. The molecule has 4 N–H and O–H groups in total. The third kappa shape index (κ3) is 3.34. The number of rotatable bonds is 4. The number of methoxy groups -OCH3 is 1. The van der Waals surface area contributed by atoms with E-state index in [1.807, 2.05) is 0 Å². The highest BCUT2D eigenvalue weighted by Crippen LogP contribution is 2.25. The van der Waals surface area contributed by atoms with Crippen molar-refractivity contribution in [2.75, 3.05) is 24.7 Å². The Labute approximate surface area is 94.6 Å². The minimum absolute atomic E-state index is 0.0237. The van der Waals surface area contributed by atoms with E-state index in [-0.39, 0.29) is 17.4 Å². The van der Waals surface area contributed by atoms with Crippen molar-refractivity contribution < 1.29 is 23.0 Å². The van der Waals surface area contributed by atoms with Crippen LogP contribution in [0.4, 0.5) is 24.7 Å². The van der Waals surface area contributed by atoms with E-state index >= 15 is 0 Å². The average molecular weight is 252 g/mol. The van der Waals surface area contributed by atoms with Crippen molar-refractivity contribution in [3.8, 4) is 5.88 Å². The third-order valence-electron chi connectivity index (χ3n) is 1.88. The summed E-state index contributed by atoms with van der Waals surface area (Å²) in [6.45, 7) is -0.756. The van der Waals surface area contributed by atoms with E-state index in [0.29, 0.717) is 0 Å². The Morgan fingerprint density at radius 3 is 2.71 bits per heavy atom. The van der Waals surface area contributed by atoms with E-state index in [2.05, 4.69) is 15.3 Å². The number of nitrogens with one attached hydrogen (secondary N) is 1. The van der Waals surface area contributed by atoms with Crippen molar-refractivity contribution in [1.82, 2.24) is 9.97 Å². The number of hydrogen-bond acceptors (Lipinski definition) is 6. The van der Waals surface area contributed by atoms with Gasteiger partial charge in [-0.3, -0.25) is 0 Å². The van der Waals surface area contributed by atoms with Crippen LogP contribution in [0.5, 0.6) is 5.88 Å². The molecule has 0 radical (unpaired) electrons. The van der Waals surface area contributed by atoms with Crippen molar-refractivity contribution in [1.29, 1.82) is 0 Å². The zero-order chi connectivity index (χ0) is 13.1. The summed E-state index contributed by atoms with van der Waals surface area (Å²) in [5.74, 6) is 0.0177. The second-order valence-electron chi connectivity index (χ2n) is 3.08. The number of nitrogens with two attached hydrogens (primary N) is 1. The zero-order valence-corrected chi connectivity index (χ0v) is 8.82. The fraction of sp³-hybridized carbons (Fsp3) is 0.500. The van der Waals surface area contributed by atoms with Gasteiger partial charge in [-0.25, -0.2) is 4.98 Å². The predicted octanol–water partition coefficient (Wildman–Crippen LogP) is 0.402. The van der Waals surface area contributed by atoms with Crippen LogP contribution in [0, 0.1) is 0 Å². The molecule has 0 bridgehead atoms. The summed E-state index contributed by atoms with van der Waals surface area (Å²) in [5, 5.41) is 11.0. The number of aliphatic hydroxyl groups excluding tert-OH is 1. The van der Waals surface area contributed by atoms with Crippen molar-refractivity contribution >= 4 is 11.5 Å². The van der Waals surface area contributed by atoms with Gasteiger partial charge in [0, 0.05) is 0 Å². The van der Waals surface area contributed by atoms with Crippen LogP contribution < -0.4 is 15.8 Å². The Balaban J connectivity index is 2.70. The summed E-state index contributed by atoms with van der Waals surface area (Å²) in [5.41, 5.74) is 5.49. The second-order valence-corrected chi connectivity index (χ2v) is 3.08. The fourth-order valence-electron chi connectivity index (χ4n) is 0.992. The fourth-order valence-corrected chi connectivity index (χ4v) is 0.992. The number of anilines is 2. The molecule has 0 aliphatic carbocycles. The summed E-state index contributed by atoms with van der Waals surface area (Å²) in [4.78, 5) is 7.29. The molecule has 1 unspecified atom stereocenters. The maximum Gasteiger partial charge on any atom is 0.416 e. The molecular weight excluding hydrogens is 241 g/mol. The van der Waals surface area contributed by atoms with E-state index in [1.165, 1.54) is 7.11 Å². The van der Waals surface area contributed by atoms with Gasteiger partial charge in [0.1, 0.15) is 12.0 Å². The number of aliphatic hydroxyl groups is 1. The molecule has 0 spiro atoms. The van der Waals surface area contributed by atoms with Crippen molar-refractivity contribution in [3.05, 3.63) is 6.33 Å². The van der Waals surface area contributed by atoms with Crippen molar-refractivity contribution in [2.45, 2.75) is 12.3 Å². The second kappa shape index (κ2) is 5.04. The van der Waals surface area contributed by atoms with E-state index in [0.717, 1.165) is 6.33 Å². The van der Waals surface area contributed by atoms with Crippen LogP contribution in [-0.2, 0) is 0 Å². The van der Waals surface area contributed by atoms with Gasteiger partial charge >= 0.3 is 6.18 Å². The van der Waals surface area contributed by atoms with Crippen LogP contribution in [-0.4, -0.2) is 41.0 Å². The number of hydrogen-bond donors (Lipinski definition) is 3. The van der Waals surface area contributed by atoms with Crippen LogP contribution in [0.15, 0.2) is 6.33 Å². The first-order chi connectivity index (χ1) is 7.86. The highest BCUT2D eigenvalue weighted by Gasteiger charge is 2.38. The summed E-state index contributed by atoms with van der Waals surface area (Å²) < 4.78 is 40.8. The largest absolute Gasteiger partial charge is 0.479 e. The van der Waals surface area contributed by atoms with Gasteiger partial charge in [0.2, 0.25) is 5.88 Å². The Bertz CT molecular complexity index is 386. The Kier molecular flexibility index (Phi) is 3.94. The molecule has 1 aromatic rings. The van der Waals surface area contributed by atoms with E-state index in [1.54, 1.807) is 0 Å². The van der Waals surface area contributed by atoms with E-state index < -0.39 is 18.8 Å². The normalized spacial score (nSPS) is 13.2. The molecule has 0 fully saturated rings. The third-order valence-corrected chi connectivity index (χ3v) is 1.88. The highest BCUT2D eigenvalue weighted by molar-refractivity contribution is 5.66. The zero-order valence-electron chi connectivity index (χ0n) is 8.82. The van der Waals surface area contributed by atoms with Crippen LogP contribution in [0.2, 0.25) is 0 Å². The monoisotopic (exact) mass is 252 g/mol. The smallest absolute Gasteiger partial charge is 0.416 e. The molecule has 96 valence electrons. The van der Waals surface area contributed by atoms with E-state index in [4.69, 9.17) is 15.6 Å².